The quantitative estimate of drug-likeness (QED) is 0.237. The third-order valence-corrected chi connectivity index (χ3v) is 5.54. The molecule has 34 heavy (non-hydrogen) atoms. The number of anilines is 1. The van der Waals surface area contributed by atoms with E-state index in [1.807, 2.05) is 37.3 Å². The minimum atomic E-state index is -0.696. The lowest BCUT2D eigenvalue weighted by atomic mass is 10.1. The van der Waals surface area contributed by atoms with E-state index in [4.69, 9.17) is 9.47 Å². The number of nitro groups is 1. The largest absolute Gasteiger partial charge is 0.497 e. The van der Waals surface area contributed by atoms with Crippen LogP contribution in [-0.2, 0) is 4.74 Å². The molecule has 0 atom stereocenters. The fourth-order valence-corrected chi connectivity index (χ4v) is 3.83. The molecule has 0 radical (unpaired) electrons. The number of methoxy groups -OCH3 is 1. The molecule has 0 aliphatic heterocycles. The van der Waals surface area contributed by atoms with Crippen molar-refractivity contribution in [2.24, 2.45) is 0 Å². The second-order valence-corrected chi connectivity index (χ2v) is 9.55. The number of fused-ring (bicyclic) bond motifs is 1. The van der Waals surface area contributed by atoms with E-state index in [9.17, 15) is 14.9 Å². The van der Waals surface area contributed by atoms with Crippen LogP contribution in [0.1, 0.15) is 38.3 Å². The minimum absolute atomic E-state index is 0.121. The normalized spacial score (nSPS) is 12.2. The third-order valence-electron chi connectivity index (χ3n) is 4.56. The second-order valence-electron chi connectivity index (χ2n) is 8.49. The maximum Gasteiger partial charge on any atom is 0.417 e. The van der Waals surface area contributed by atoms with Crippen LogP contribution in [0.3, 0.4) is 0 Å². The first-order valence-corrected chi connectivity index (χ1v) is 11.2. The Bertz CT molecular complexity index is 1290. The van der Waals surface area contributed by atoms with Gasteiger partial charge in [-0.2, -0.15) is 0 Å². The van der Waals surface area contributed by atoms with E-state index in [2.05, 4.69) is 9.97 Å². The standard InChI is InChI=1S/C24H26N4O5S/c1-15(7-12-21-25-18-10-9-17(32-6)14-19(18)34-21)13-16-8-11-20(26-22(16)28(30)31)27(5)23(29)33-24(2,3)4/h7-14H,1-6H3/b12-7+,15-13+. The summed E-state index contributed by atoms with van der Waals surface area (Å²) in [5.41, 5.74) is 1.27. The van der Waals surface area contributed by atoms with Crippen molar-refractivity contribution in [3.05, 3.63) is 62.7 Å². The van der Waals surface area contributed by atoms with Crippen molar-refractivity contribution in [3.8, 4) is 5.75 Å². The molecule has 0 aliphatic rings. The lowest BCUT2D eigenvalue weighted by Crippen LogP contribution is -2.34. The van der Waals surface area contributed by atoms with Gasteiger partial charge in [0.25, 0.3) is 5.82 Å². The van der Waals surface area contributed by atoms with Crippen LogP contribution in [0.4, 0.5) is 16.4 Å². The summed E-state index contributed by atoms with van der Waals surface area (Å²) in [6.07, 6.45) is 4.70. The van der Waals surface area contributed by atoms with Gasteiger partial charge in [0.2, 0.25) is 0 Å². The molecule has 2 aromatic heterocycles. The Hall–Kier alpha value is -3.79. The van der Waals surface area contributed by atoms with E-state index in [0.29, 0.717) is 5.56 Å². The predicted octanol–water partition coefficient (Wildman–Crippen LogP) is 6.10. The highest BCUT2D eigenvalue weighted by molar-refractivity contribution is 7.19. The molecule has 3 rings (SSSR count). The molecule has 9 nitrogen and oxygen atoms in total. The fraction of sp³-hybridized carbons (Fsp3) is 0.292. The van der Waals surface area contributed by atoms with E-state index >= 15 is 0 Å². The Kier molecular flexibility index (Phi) is 7.31. The summed E-state index contributed by atoms with van der Waals surface area (Å²) >= 11 is 1.52. The minimum Gasteiger partial charge on any atom is -0.497 e. The first-order chi connectivity index (χ1) is 16.0. The van der Waals surface area contributed by atoms with E-state index < -0.39 is 16.6 Å². The van der Waals surface area contributed by atoms with Gasteiger partial charge in [-0.25, -0.2) is 14.7 Å². The predicted molar refractivity (Wildman–Crippen MR) is 134 cm³/mol. The van der Waals surface area contributed by atoms with Crippen molar-refractivity contribution in [2.75, 3.05) is 19.1 Å². The van der Waals surface area contributed by atoms with Crippen molar-refractivity contribution in [3.63, 3.8) is 0 Å². The second kappa shape index (κ2) is 10.0. The average Bonchev–Trinajstić information content (AvgIpc) is 3.18. The summed E-state index contributed by atoms with van der Waals surface area (Å²) in [5.74, 6) is 0.535. The van der Waals surface area contributed by atoms with Crippen molar-refractivity contribution in [1.82, 2.24) is 9.97 Å². The maximum atomic E-state index is 12.3. The molecule has 0 N–H and O–H groups in total. The molecule has 2 heterocycles. The number of benzene rings is 1. The molecular weight excluding hydrogens is 456 g/mol. The summed E-state index contributed by atoms with van der Waals surface area (Å²) in [5, 5.41) is 12.5. The topological polar surface area (TPSA) is 108 Å². The number of allylic oxidation sites excluding steroid dienone is 2. The molecular formula is C24H26N4O5S. The number of rotatable bonds is 6. The highest BCUT2D eigenvalue weighted by Crippen LogP contribution is 2.28. The van der Waals surface area contributed by atoms with Crippen molar-refractivity contribution in [2.45, 2.75) is 33.3 Å². The molecule has 178 valence electrons. The Morgan fingerprint density at radius 3 is 2.59 bits per heavy atom. The van der Waals surface area contributed by atoms with Gasteiger partial charge >= 0.3 is 11.9 Å². The summed E-state index contributed by atoms with van der Waals surface area (Å²) in [4.78, 5) is 33.1. The molecule has 0 saturated heterocycles. The fourth-order valence-electron chi connectivity index (χ4n) is 2.94. The lowest BCUT2D eigenvalue weighted by molar-refractivity contribution is -0.389. The summed E-state index contributed by atoms with van der Waals surface area (Å²) < 4.78 is 11.6. The smallest absolute Gasteiger partial charge is 0.417 e. The molecule has 3 aromatic rings. The van der Waals surface area contributed by atoms with Gasteiger partial charge in [-0.1, -0.05) is 11.6 Å². The Morgan fingerprint density at radius 2 is 1.94 bits per heavy atom. The highest BCUT2D eigenvalue weighted by Gasteiger charge is 2.25. The molecule has 1 amide bonds. The number of aromatic nitrogens is 2. The summed E-state index contributed by atoms with van der Waals surface area (Å²) in [6.45, 7) is 7.05. The number of ether oxygens (including phenoxy) is 2. The Balaban J connectivity index is 1.83. The zero-order chi connectivity index (χ0) is 25.0. The molecule has 1 aromatic carbocycles. The first-order valence-electron chi connectivity index (χ1n) is 10.4. The van der Waals surface area contributed by atoms with E-state index in [-0.39, 0.29) is 11.6 Å². The molecule has 0 spiro atoms. The van der Waals surface area contributed by atoms with Crippen LogP contribution >= 0.6 is 11.3 Å². The van der Waals surface area contributed by atoms with Gasteiger partial charge in [0.05, 0.1) is 22.9 Å². The van der Waals surface area contributed by atoms with E-state index in [1.165, 1.54) is 18.4 Å². The van der Waals surface area contributed by atoms with Crippen LogP contribution in [0.15, 0.2) is 42.0 Å². The van der Waals surface area contributed by atoms with Gasteiger partial charge in [-0.15, -0.1) is 11.3 Å². The van der Waals surface area contributed by atoms with Gasteiger partial charge in [0.1, 0.15) is 16.4 Å². The van der Waals surface area contributed by atoms with Crippen molar-refractivity contribution >= 4 is 51.4 Å². The number of hydrogen-bond acceptors (Lipinski definition) is 8. The summed E-state index contributed by atoms with van der Waals surface area (Å²) in [7, 11) is 3.07. The van der Waals surface area contributed by atoms with Crippen molar-refractivity contribution in [1.29, 1.82) is 0 Å². The lowest BCUT2D eigenvalue weighted by Gasteiger charge is -2.22. The monoisotopic (exact) mass is 482 g/mol. The zero-order valence-corrected chi connectivity index (χ0v) is 20.7. The van der Waals surface area contributed by atoms with Gasteiger partial charge in [0.15, 0.2) is 0 Å². The number of nitrogens with zero attached hydrogens (tertiary/aromatic N) is 4. The first kappa shape index (κ1) is 24.8. The van der Waals surface area contributed by atoms with E-state index in [1.54, 1.807) is 46.1 Å². The third kappa shape index (κ3) is 6.16. The molecule has 0 unspecified atom stereocenters. The maximum absolute atomic E-state index is 12.3. The van der Waals surface area contributed by atoms with Gasteiger partial charge in [0, 0.05) is 13.1 Å². The van der Waals surface area contributed by atoms with Crippen LogP contribution in [-0.4, -0.2) is 40.7 Å². The summed E-state index contributed by atoms with van der Waals surface area (Å²) in [6, 6.07) is 8.79. The number of carbonyl (C=O) groups excluding carboxylic acids is 1. The van der Waals surface area contributed by atoms with Crippen molar-refractivity contribution < 1.29 is 19.2 Å². The number of amides is 1. The average molecular weight is 483 g/mol. The molecule has 0 saturated carbocycles. The number of thiazole rings is 1. The van der Waals surface area contributed by atoms with Crippen LogP contribution in [0.25, 0.3) is 22.4 Å². The molecule has 10 heteroatoms. The Morgan fingerprint density at radius 1 is 1.21 bits per heavy atom. The molecule has 0 aliphatic carbocycles. The van der Waals surface area contributed by atoms with Crippen LogP contribution in [0.5, 0.6) is 5.75 Å². The van der Waals surface area contributed by atoms with Gasteiger partial charge in [-0.05, 0) is 74.0 Å². The molecule has 0 fully saturated rings. The SMILES string of the molecule is COc1ccc2nc(/C=C/C(C)=C/c3ccc(N(C)C(=O)OC(C)(C)C)nc3[N+](=O)[O-])sc2c1. The highest BCUT2D eigenvalue weighted by atomic mass is 32.1. The van der Waals surface area contributed by atoms with E-state index in [0.717, 1.165) is 31.4 Å². The number of pyridine rings is 1. The zero-order valence-electron chi connectivity index (χ0n) is 19.9. The van der Waals surface area contributed by atoms with Crippen LogP contribution in [0, 0.1) is 10.1 Å². The number of hydrogen-bond donors (Lipinski definition) is 0. The van der Waals surface area contributed by atoms with Gasteiger partial charge in [-0.3, -0.25) is 0 Å². The van der Waals surface area contributed by atoms with Crippen LogP contribution < -0.4 is 9.64 Å². The Labute approximate surface area is 201 Å². The number of carbonyl (C=O) groups is 1. The van der Waals surface area contributed by atoms with Gasteiger partial charge < -0.3 is 19.6 Å². The van der Waals surface area contributed by atoms with Crippen LogP contribution in [0.2, 0.25) is 0 Å². The molecule has 0 bridgehead atoms.